The molecule has 1 N–H and O–H groups in total. The Morgan fingerprint density at radius 2 is 2.19 bits per heavy atom. The lowest BCUT2D eigenvalue weighted by Crippen LogP contribution is -2.32. The Bertz CT molecular complexity index is 912. The highest BCUT2D eigenvalue weighted by Crippen LogP contribution is 2.34. The number of amides is 1. The fourth-order valence-electron chi connectivity index (χ4n) is 3.23. The summed E-state index contributed by atoms with van der Waals surface area (Å²) < 4.78 is 5.81. The number of rotatable bonds is 5. The summed E-state index contributed by atoms with van der Waals surface area (Å²) in [5.74, 6) is 1.15. The number of hydrogen-bond donors (Lipinski definition) is 1. The van der Waals surface area contributed by atoms with E-state index in [0.717, 1.165) is 29.0 Å². The zero-order chi connectivity index (χ0) is 18.1. The maximum atomic E-state index is 12.5. The van der Waals surface area contributed by atoms with Crippen molar-refractivity contribution in [2.45, 2.75) is 13.3 Å². The van der Waals surface area contributed by atoms with E-state index in [2.05, 4.69) is 30.5 Å². The van der Waals surface area contributed by atoms with Gasteiger partial charge >= 0.3 is 0 Å². The molecule has 1 aromatic carbocycles. The van der Waals surface area contributed by atoms with E-state index in [1.165, 1.54) is 0 Å². The molecular formula is C21H20N2O2S. The van der Waals surface area contributed by atoms with Crippen molar-refractivity contribution < 1.29 is 9.53 Å². The zero-order valence-corrected chi connectivity index (χ0v) is 15.4. The molecule has 0 saturated carbocycles. The maximum absolute atomic E-state index is 12.5. The van der Waals surface area contributed by atoms with Gasteiger partial charge in [0, 0.05) is 5.56 Å². The van der Waals surface area contributed by atoms with Crippen molar-refractivity contribution in [1.29, 1.82) is 5.41 Å². The van der Waals surface area contributed by atoms with E-state index >= 15 is 0 Å². The van der Waals surface area contributed by atoms with Gasteiger partial charge in [-0.2, -0.15) is 11.3 Å². The van der Waals surface area contributed by atoms with E-state index in [1.807, 2.05) is 29.7 Å². The molecule has 1 aromatic heterocycles. The first kappa shape index (κ1) is 16.8. The molecule has 2 aliphatic rings. The number of hydrogen-bond acceptors (Lipinski definition) is 4. The highest BCUT2D eigenvalue weighted by Gasteiger charge is 2.32. The minimum atomic E-state index is -0.257. The van der Waals surface area contributed by atoms with Gasteiger partial charge in [0.2, 0.25) is 0 Å². The van der Waals surface area contributed by atoms with Crippen LogP contribution in [0.5, 0.6) is 0 Å². The van der Waals surface area contributed by atoms with E-state index in [9.17, 15) is 4.79 Å². The minimum absolute atomic E-state index is 0.0578. The second kappa shape index (κ2) is 6.92. The first-order valence-corrected chi connectivity index (χ1v) is 9.66. The van der Waals surface area contributed by atoms with Crippen molar-refractivity contribution in [1.82, 2.24) is 0 Å². The molecule has 0 saturated heterocycles. The number of fused-ring (bicyclic) bond motifs is 1. The Kier molecular flexibility index (Phi) is 4.47. The predicted molar refractivity (Wildman–Crippen MR) is 106 cm³/mol. The monoisotopic (exact) mass is 364 g/mol. The van der Waals surface area contributed by atoms with Gasteiger partial charge in [-0.05, 0) is 64.6 Å². The number of nitrogens with zero attached hydrogens (tertiary/aromatic N) is 1. The molecule has 0 radical (unpaired) electrons. The average molecular weight is 364 g/mol. The van der Waals surface area contributed by atoms with Crippen molar-refractivity contribution in [2.24, 2.45) is 5.92 Å². The molecule has 132 valence electrons. The molecule has 0 spiro atoms. The first-order chi connectivity index (χ1) is 12.6. The molecule has 0 fully saturated rings. The summed E-state index contributed by atoms with van der Waals surface area (Å²) in [6, 6.07) is 7.90. The van der Waals surface area contributed by atoms with Gasteiger partial charge in [0.05, 0.1) is 12.2 Å². The van der Waals surface area contributed by atoms with Crippen LogP contribution in [0.4, 0.5) is 5.69 Å². The van der Waals surface area contributed by atoms with Gasteiger partial charge in [-0.15, -0.1) is 0 Å². The van der Waals surface area contributed by atoms with Crippen LogP contribution in [-0.4, -0.2) is 24.8 Å². The smallest absolute Gasteiger partial charge is 0.276 e. The molecule has 4 nitrogen and oxygen atoms in total. The Morgan fingerprint density at radius 1 is 1.31 bits per heavy atom. The molecule has 1 atom stereocenters. The second-order valence-corrected chi connectivity index (χ2v) is 7.38. The summed E-state index contributed by atoms with van der Waals surface area (Å²) in [7, 11) is 0. The van der Waals surface area contributed by atoms with Crippen LogP contribution in [0.15, 0.2) is 59.0 Å². The number of thiophene rings is 1. The topological polar surface area (TPSA) is 53.4 Å². The molecule has 1 aliphatic heterocycles. The Morgan fingerprint density at radius 3 is 2.92 bits per heavy atom. The predicted octanol–water partition coefficient (Wildman–Crippen LogP) is 4.63. The summed E-state index contributed by atoms with van der Waals surface area (Å²) in [4.78, 5) is 14.2. The van der Waals surface area contributed by atoms with Gasteiger partial charge < -0.3 is 9.64 Å². The van der Waals surface area contributed by atoms with E-state index < -0.39 is 0 Å². The minimum Gasteiger partial charge on any atom is -0.492 e. The number of benzene rings is 1. The zero-order valence-electron chi connectivity index (χ0n) is 14.6. The molecule has 5 heteroatoms. The number of nitrogens with one attached hydrogen (secondary N) is 1. The molecule has 0 bridgehead atoms. The van der Waals surface area contributed by atoms with Crippen LogP contribution >= 0.6 is 11.3 Å². The van der Waals surface area contributed by atoms with E-state index in [4.69, 9.17) is 10.1 Å². The lowest BCUT2D eigenvalue weighted by Gasteiger charge is -2.19. The summed E-state index contributed by atoms with van der Waals surface area (Å²) >= 11 is 1.64. The van der Waals surface area contributed by atoms with Crippen LogP contribution in [-0.2, 0) is 9.53 Å². The lowest BCUT2D eigenvalue weighted by atomic mass is 10.0. The largest absolute Gasteiger partial charge is 0.492 e. The third-order valence-electron chi connectivity index (χ3n) is 4.73. The highest BCUT2D eigenvalue weighted by atomic mass is 32.1. The number of carbonyl (C=O) groups excluding carboxylic acids is 1. The molecule has 4 rings (SSSR count). The van der Waals surface area contributed by atoms with Gasteiger partial charge in [-0.3, -0.25) is 10.2 Å². The van der Waals surface area contributed by atoms with Crippen molar-refractivity contribution in [3.63, 3.8) is 0 Å². The molecule has 26 heavy (non-hydrogen) atoms. The lowest BCUT2D eigenvalue weighted by molar-refractivity contribution is -0.112. The number of carbonyl (C=O) groups is 1. The van der Waals surface area contributed by atoms with Crippen LogP contribution in [0.2, 0.25) is 0 Å². The van der Waals surface area contributed by atoms with Crippen molar-refractivity contribution in [2.75, 3.05) is 18.1 Å². The molecule has 1 aliphatic carbocycles. The molecular weight excluding hydrogens is 344 g/mol. The fourth-order valence-corrected chi connectivity index (χ4v) is 3.89. The molecule has 1 amide bonds. The first-order valence-electron chi connectivity index (χ1n) is 8.72. The summed E-state index contributed by atoms with van der Waals surface area (Å²) in [6.45, 7) is 3.01. The quantitative estimate of drug-likeness (QED) is 0.841. The van der Waals surface area contributed by atoms with Crippen molar-refractivity contribution in [3.05, 3.63) is 64.6 Å². The molecule has 2 heterocycles. The van der Waals surface area contributed by atoms with Crippen molar-refractivity contribution in [3.8, 4) is 11.1 Å². The van der Waals surface area contributed by atoms with Crippen LogP contribution < -0.4 is 4.90 Å². The normalized spacial score (nSPS) is 18.9. The van der Waals surface area contributed by atoms with Crippen LogP contribution in [0.25, 0.3) is 11.1 Å². The fraction of sp³-hybridized carbons (Fsp3) is 0.238. The standard InChI is InChI=1S/C21H20N2O2S/c1-14-2-5-17(6-3-14)25-10-9-23-19-12-15(16-8-11-26-13-16)4-7-18(19)20(22)21(23)24/h2,4-8,11-14,22H,3,9-10H2,1H3. The van der Waals surface area contributed by atoms with Crippen LogP contribution in [0.3, 0.4) is 0 Å². The highest BCUT2D eigenvalue weighted by molar-refractivity contribution is 7.08. The van der Waals surface area contributed by atoms with Gasteiger partial charge in [-0.25, -0.2) is 0 Å². The third-order valence-corrected chi connectivity index (χ3v) is 5.42. The summed E-state index contributed by atoms with van der Waals surface area (Å²) in [6.07, 6.45) is 7.19. The van der Waals surface area contributed by atoms with Crippen molar-refractivity contribution >= 4 is 28.6 Å². The second-order valence-electron chi connectivity index (χ2n) is 6.60. The Balaban J connectivity index is 1.51. The number of allylic oxidation sites excluding steroid dienone is 3. The van der Waals surface area contributed by atoms with E-state index in [0.29, 0.717) is 24.6 Å². The van der Waals surface area contributed by atoms with Crippen LogP contribution in [0.1, 0.15) is 18.9 Å². The SMILES string of the molecule is CC1C=CC(OCCN2C(=O)C(=N)c3ccc(-c4ccsc4)cc32)=CC1. The van der Waals surface area contributed by atoms with Gasteiger partial charge in [0.25, 0.3) is 5.91 Å². The van der Waals surface area contributed by atoms with Gasteiger partial charge in [0.1, 0.15) is 18.1 Å². The number of anilines is 1. The Labute approximate surface area is 156 Å². The summed E-state index contributed by atoms with van der Waals surface area (Å²) in [5.41, 5.74) is 3.74. The Hall–Kier alpha value is -2.66. The van der Waals surface area contributed by atoms with Crippen LogP contribution in [0, 0.1) is 11.3 Å². The van der Waals surface area contributed by atoms with E-state index in [1.54, 1.807) is 16.2 Å². The molecule has 2 aromatic rings. The summed E-state index contributed by atoms with van der Waals surface area (Å²) in [5, 5.41) is 12.2. The maximum Gasteiger partial charge on any atom is 0.276 e. The number of ether oxygens (including phenoxy) is 1. The molecule has 1 unspecified atom stereocenters. The van der Waals surface area contributed by atoms with Gasteiger partial charge in [0.15, 0.2) is 0 Å². The average Bonchev–Trinajstić information content (AvgIpc) is 3.26. The van der Waals surface area contributed by atoms with E-state index in [-0.39, 0.29) is 11.6 Å². The van der Waals surface area contributed by atoms with Gasteiger partial charge in [-0.1, -0.05) is 19.1 Å². The third kappa shape index (κ3) is 3.10.